The first kappa shape index (κ1) is 15.4. The van der Waals surface area contributed by atoms with Gasteiger partial charge in [0.05, 0.1) is 0 Å². The molecule has 1 unspecified atom stereocenters. The van der Waals surface area contributed by atoms with Crippen LogP contribution in [0.1, 0.15) is 35.0 Å². The number of aromatic carboxylic acids is 1. The van der Waals surface area contributed by atoms with E-state index < -0.39 is 5.97 Å². The van der Waals surface area contributed by atoms with E-state index in [1.54, 1.807) is 13.0 Å². The molecule has 0 aliphatic heterocycles. The number of aromatic nitrogens is 1. The van der Waals surface area contributed by atoms with Gasteiger partial charge in [-0.15, -0.1) is 0 Å². The minimum absolute atomic E-state index is 0.175. The van der Waals surface area contributed by atoms with Crippen LogP contribution in [0.25, 0.3) is 0 Å². The number of carboxylic acid groups (broad SMARTS) is 1. The Hall–Kier alpha value is -1.62. The van der Waals surface area contributed by atoms with E-state index in [1.807, 2.05) is 27.9 Å². The van der Waals surface area contributed by atoms with E-state index in [9.17, 15) is 9.90 Å². The average molecular weight is 265 g/mol. The standard InChI is InChI=1S/C14H23N3O2/c1-9-8-11(3)16-13(12(9)14(18)19)15-10(2)6-7-17(4)5/h8,10H,6-7H2,1-5H3,(H,15,16)(H,18,19). The zero-order valence-electron chi connectivity index (χ0n) is 12.3. The summed E-state index contributed by atoms with van der Waals surface area (Å²) >= 11 is 0. The minimum Gasteiger partial charge on any atom is -0.478 e. The van der Waals surface area contributed by atoms with Crippen molar-refractivity contribution in [2.75, 3.05) is 26.0 Å². The third-order valence-corrected chi connectivity index (χ3v) is 2.95. The van der Waals surface area contributed by atoms with Gasteiger partial charge in [-0.25, -0.2) is 9.78 Å². The number of hydrogen-bond donors (Lipinski definition) is 2. The summed E-state index contributed by atoms with van der Waals surface area (Å²) in [5, 5.41) is 12.5. The maximum absolute atomic E-state index is 11.3. The summed E-state index contributed by atoms with van der Waals surface area (Å²) in [7, 11) is 4.04. The Kier molecular flexibility index (Phi) is 5.30. The van der Waals surface area contributed by atoms with Gasteiger partial charge in [-0.05, 0) is 59.5 Å². The second kappa shape index (κ2) is 6.52. The lowest BCUT2D eigenvalue weighted by Crippen LogP contribution is -2.24. The predicted molar refractivity (Wildman–Crippen MR) is 76.9 cm³/mol. The molecule has 106 valence electrons. The summed E-state index contributed by atoms with van der Waals surface area (Å²) in [4.78, 5) is 17.7. The lowest BCUT2D eigenvalue weighted by atomic mass is 10.1. The summed E-state index contributed by atoms with van der Waals surface area (Å²) < 4.78 is 0. The third kappa shape index (κ3) is 4.52. The molecule has 0 fully saturated rings. The highest BCUT2D eigenvalue weighted by molar-refractivity contribution is 5.94. The van der Waals surface area contributed by atoms with Gasteiger partial charge in [0, 0.05) is 11.7 Å². The van der Waals surface area contributed by atoms with Gasteiger partial charge in [0.25, 0.3) is 0 Å². The first-order valence-electron chi connectivity index (χ1n) is 6.44. The molecule has 0 saturated carbocycles. The van der Waals surface area contributed by atoms with Crippen LogP contribution in [0.4, 0.5) is 5.82 Å². The Morgan fingerprint density at radius 3 is 2.63 bits per heavy atom. The number of nitrogens with one attached hydrogen (secondary N) is 1. The van der Waals surface area contributed by atoms with Crippen molar-refractivity contribution in [3.63, 3.8) is 0 Å². The van der Waals surface area contributed by atoms with E-state index in [2.05, 4.69) is 15.2 Å². The molecular weight excluding hydrogens is 242 g/mol. The number of rotatable bonds is 6. The van der Waals surface area contributed by atoms with Crippen molar-refractivity contribution in [1.29, 1.82) is 0 Å². The van der Waals surface area contributed by atoms with Gasteiger partial charge in [0.2, 0.25) is 0 Å². The Labute approximate surface area is 114 Å². The van der Waals surface area contributed by atoms with Crippen molar-refractivity contribution in [3.8, 4) is 0 Å². The van der Waals surface area contributed by atoms with E-state index in [-0.39, 0.29) is 11.6 Å². The summed E-state index contributed by atoms with van der Waals surface area (Å²) in [5.74, 6) is -0.469. The van der Waals surface area contributed by atoms with Gasteiger partial charge >= 0.3 is 5.97 Å². The van der Waals surface area contributed by atoms with Gasteiger partial charge in [-0.3, -0.25) is 0 Å². The highest BCUT2D eigenvalue weighted by Crippen LogP contribution is 2.20. The van der Waals surface area contributed by atoms with Crippen molar-refractivity contribution >= 4 is 11.8 Å². The second-order valence-electron chi connectivity index (χ2n) is 5.25. The summed E-state index contributed by atoms with van der Waals surface area (Å²) in [5.41, 5.74) is 1.83. The number of anilines is 1. The summed E-state index contributed by atoms with van der Waals surface area (Å²) in [6.07, 6.45) is 0.931. The number of carboxylic acids is 1. The molecule has 1 rings (SSSR count). The van der Waals surface area contributed by atoms with E-state index >= 15 is 0 Å². The van der Waals surface area contributed by atoms with E-state index in [1.165, 1.54) is 0 Å². The van der Waals surface area contributed by atoms with Gasteiger partial charge in [0.15, 0.2) is 0 Å². The molecular formula is C14H23N3O2. The molecule has 1 aromatic rings. The minimum atomic E-state index is -0.938. The van der Waals surface area contributed by atoms with Crippen LogP contribution >= 0.6 is 0 Å². The topological polar surface area (TPSA) is 65.5 Å². The van der Waals surface area contributed by atoms with E-state index in [4.69, 9.17) is 0 Å². The Balaban J connectivity index is 2.90. The molecule has 1 heterocycles. The monoisotopic (exact) mass is 265 g/mol. The second-order valence-corrected chi connectivity index (χ2v) is 5.25. The molecule has 0 aliphatic carbocycles. The van der Waals surface area contributed by atoms with Crippen LogP contribution in [-0.4, -0.2) is 47.6 Å². The van der Waals surface area contributed by atoms with Gasteiger partial charge in [0.1, 0.15) is 11.4 Å². The molecule has 0 bridgehead atoms. The highest BCUT2D eigenvalue weighted by Gasteiger charge is 2.17. The lowest BCUT2D eigenvalue weighted by molar-refractivity contribution is 0.0696. The van der Waals surface area contributed by atoms with Crippen LogP contribution in [0, 0.1) is 13.8 Å². The maximum Gasteiger partial charge on any atom is 0.339 e. The van der Waals surface area contributed by atoms with Crippen molar-refractivity contribution in [1.82, 2.24) is 9.88 Å². The first-order chi connectivity index (χ1) is 8.81. The molecule has 1 atom stereocenters. The average Bonchev–Trinajstić information content (AvgIpc) is 2.24. The van der Waals surface area contributed by atoms with Crippen LogP contribution < -0.4 is 5.32 Å². The van der Waals surface area contributed by atoms with E-state index in [0.717, 1.165) is 24.2 Å². The number of hydrogen-bond acceptors (Lipinski definition) is 4. The van der Waals surface area contributed by atoms with Crippen LogP contribution in [-0.2, 0) is 0 Å². The predicted octanol–water partition coefficient (Wildman–Crippen LogP) is 2.15. The van der Waals surface area contributed by atoms with Crippen molar-refractivity contribution < 1.29 is 9.90 Å². The highest BCUT2D eigenvalue weighted by atomic mass is 16.4. The van der Waals surface area contributed by atoms with Crippen LogP contribution in [0.2, 0.25) is 0 Å². The fourth-order valence-electron chi connectivity index (χ4n) is 1.97. The van der Waals surface area contributed by atoms with Crippen LogP contribution in [0.5, 0.6) is 0 Å². The fraction of sp³-hybridized carbons (Fsp3) is 0.571. The molecule has 5 nitrogen and oxygen atoms in total. The molecule has 19 heavy (non-hydrogen) atoms. The number of pyridine rings is 1. The number of nitrogens with zero attached hydrogens (tertiary/aromatic N) is 2. The summed E-state index contributed by atoms with van der Waals surface area (Å²) in [6, 6.07) is 1.97. The van der Waals surface area contributed by atoms with Crippen molar-refractivity contribution in [2.24, 2.45) is 0 Å². The van der Waals surface area contributed by atoms with Crippen LogP contribution in [0.3, 0.4) is 0 Å². The Morgan fingerprint density at radius 1 is 1.47 bits per heavy atom. The largest absolute Gasteiger partial charge is 0.478 e. The molecule has 0 radical (unpaired) electrons. The molecule has 0 amide bonds. The number of aryl methyl sites for hydroxylation is 2. The SMILES string of the molecule is Cc1cc(C)c(C(=O)O)c(NC(C)CCN(C)C)n1. The smallest absolute Gasteiger partial charge is 0.339 e. The zero-order chi connectivity index (χ0) is 14.6. The molecule has 2 N–H and O–H groups in total. The molecule has 0 aromatic carbocycles. The molecule has 5 heteroatoms. The molecule has 0 saturated heterocycles. The van der Waals surface area contributed by atoms with Gasteiger partial charge in [-0.1, -0.05) is 0 Å². The molecule has 0 spiro atoms. The normalized spacial score (nSPS) is 12.5. The maximum atomic E-state index is 11.3. The van der Waals surface area contributed by atoms with Gasteiger partial charge < -0.3 is 15.3 Å². The van der Waals surface area contributed by atoms with E-state index in [0.29, 0.717) is 5.82 Å². The Morgan fingerprint density at radius 2 is 2.11 bits per heavy atom. The first-order valence-corrected chi connectivity index (χ1v) is 6.44. The van der Waals surface area contributed by atoms with Crippen LogP contribution in [0.15, 0.2) is 6.07 Å². The Bertz CT molecular complexity index is 458. The quantitative estimate of drug-likeness (QED) is 0.825. The summed E-state index contributed by atoms with van der Waals surface area (Å²) in [6.45, 7) is 6.65. The number of carbonyl (C=O) groups is 1. The molecule has 1 aromatic heterocycles. The zero-order valence-corrected chi connectivity index (χ0v) is 12.3. The lowest BCUT2D eigenvalue weighted by Gasteiger charge is -2.19. The van der Waals surface area contributed by atoms with Gasteiger partial charge in [-0.2, -0.15) is 0 Å². The third-order valence-electron chi connectivity index (χ3n) is 2.95. The van der Waals surface area contributed by atoms with Crippen molar-refractivity contribution in [2.45, 2.75) is 33.2 Å². The molecule has 0 aliphatic rings. The fourth-order valence-corrected chi connectivity index (χ4v) is 1.97. The van der Waals surface area contributed by atoms with Crippen molar-refractivity contribution in [3.05, 3.63) is 22.9 Å².